The van der Waals surface area contributed by atoms with E-state index in [1.54, 1.807) is 31.3 Å². The zero-order chi connectivity index (χ0) is 31.3. The van der Waals surface area contributed by atoms with Gasteiger partial charge in [-0.1, -0.05) is 12.1 Å². The second-order valence-corrected chi connectivity index (χ2v) is 11.2. The minimum atomic E-state index is -1.10. The van der Waals surface area contributed by atoms with E-state index in [9.17, 15) is 14.7 Å². The second-order valence-electron chi connectivity index (χ2n) is 10.0. The lowest BCUT2D eigenvalue weighted by molar-refractivity contribution is -0.136. The number of hydrogen-bond acceptors (Lipinski definition) is 8. The molecule has 0 unspecified atom stereocenters. The highest BCUT2D eigenvalue weighted by Gasteiger charge is 2.32. The van der Waals surface area contributed by atoms with E-state index >= 15 is 0 Å². The normalized spacial score (nSPS) is 15.6. The number of aromatic nitrogens is 1. The van der Waals surface area contributed by atoms with Crippen LogP contribution in [-0.4, -0.2) is 54.4 Å². The highest BCUT2D eigenvalue weighted by atomic mass is 127. The molecule has 2 atom stereocenters. The van der Waals surface area contributed by atoms with Gasteiger partial charge >= 0.3 is 12.0 Å². The molecule has 11 nitrogen and oxygen atoms in total. The number of nitrogens with one attached hydrogen (secondary N) is 3. The van der Waals surface area contributed by atoms with E-state index in [1.165, 1.54) is 16.2 Å². The standard InChI is InChI=1S/C31H36IN5O6/c1-7-42-26-13-21(29-28(30(39)41-6)19(4)34-31(40)35-29)9-11-25(26)43-16-27(38)36-33-15-22-12-18(3)37(20(22)5)23-10-8-17(2)24(32)14-23/h8-15,27,29,36,38H,7,16H2,1-6H3,(H2,34,35,40)/b33-15+/t27-,29+/m0/s1. The van der Waals surface area contributed by atoms with Gasteiger partial charge in [0.25, 0.3) is 0 Å². The summed E-state index contributed by atoms with van der Waals surface area (Å²) in [6.45, 7) is 9.85. The van der Waals surface area contributed by atoms with Crippen molar-refractivity contribution in [3.05, 3.63) is 85.4 Å². The van der Waals surface area contributed by atoms with Crippen LogP contribution in [0.1, 0.15) is 48.0 Å². The van der Waals surface area contributed by atoms with Gasteiger partial charge in [0.2, 0.25) is 0 Å². The fourth-order valence-corrected chi connectivity index (χ4v) is 5.35. The average Bonchev–Trinajstić information content (AvgIpc) is 3.25. The number of halogens is 1. The van der Waals surface area contributed by atoms with Gasteiger partial charge in [-0.2, -0.15) is 5.10 Å². The summed E-state index contributed by atoms with van der Waals surface area (Å²) in [6.07, 6.45) is 0.566. The highest BCUT2D eigenvalue weighted by Crippen LogP contribution is 2.35. The molecule has 2 heterocycles. The number of ether oxygens (including phenoxy) is 3. The van der Waals surface area contributed by atoms with Crippen LogP contribution in [0.25, 0.3) is 5.69 Å². The smallest absolute Gasteiger partial charge is 0.337 e. The lowest BCUT2D eigenvalue weighted by atomic mass is 9.95. The van der Waals surface area contributed by atoms with Gasteiger partial charge in [0.05, 0.1) is 31.5 Å². The third-order valence-corrected chi connectivity index (χ3v) is 8.15. The predicted octanol–water partition coefficient (Wildman–Crippen LogP) is 4.53. The summed E-state index contributed by atoms with van der Waals surface area (Å²) >= 11 is 2.34. The first-order valence-corrected chi connectivity index (χ1v) is 14.8. The average molecular weight is 702 g/mol. The molecule has 1 aliphatic rings. The number of methoxy groups -OCH3 is 1. The lowest BCUT2D eigenvalue weighted by Crippen LogP contribution is -2.45. The number of hydrogen-bond donors (Lipinski definition) is 4. The Labute approximate surface area is 264 Å². The van der Waals surface area contributed by atoms with Gasteiger partial charge in [-0.15, -0.1) is 0 Å². The van der Waals surface area contributed by atoms with E-state index in [-0.39, 0.29) is 12.2 Å². The summed E-state index contributed by atoms with van der Waals surface area (Å²) in [4.78, 5) is 24.6. The number of aryl methyl sites for hydroxylation is 2. The molecule has 3 aromatic rings. The minimum absolute atomic E-state index is 0.117. The molecule has 0 saturated heterocycles. The largest absolute Gasteiger partial charge is 0.490 e. The van der Waals surface area contributed by atoms with Gasteiger partial charge in [0.1, 0.15) is 6.61 Å². The number of amides is 2. The lowest BCUT2D eigenvalue weighted by Gasteiger charge is -2.28. The van der Waals surface area contributed by atoms with E-state index in [4.69, 9.17) is 14.2 Å². The molecule has 43 heavy (non-hydrogen) atoms. The molecular formula is C31H36IN5O6. The molecule has 2 aromatic carbocycles. The predicted molar refractivity (Wildman–Crippen MR) is 172 cm³/mol. The van der Waals surface area contributed by atoms with Crippen molar-refractivity contribution in [3.8, 4) is 17.2 Å². The highest BCUT2D eigenvalue weighted by molar-refractivity contribution is 14.1. The molecule has 12 heteroatoms. The summed E-state index contributed by atoms with van der Waals surface area (Å²) in [5.41, 5.74) is 9.32. The molecule has 1 aromatic heterocycles. The Bertz CT molecular complexity index is 1580. The van der Waals surface area contributed by atoms with Gasteiger partial charge in [0, 0.05) is 31.9 Å². The number of carbonyl (C=O) groups is 2. The van der Waals surface area contributed by atoms with E-state index in [0.717, 1.165) is 22.6 Å². The summed E-state index contributed by atoms with van der Waals surface area (Å²) in [6, 6.07) is 12.3. The van der Waals surface area contributed by atoms with E-state index in [2.05, 4.69) is 73.4 Å². The Kier molecular flexibility index (Phi) is 10.3. The van der Waals surface area contributed by atoms with Crippen molar-refractivity contribution >= 4 is 40.8 Å². The van der Waals surface area contributed by atoms with Crippen molar-refractivity contribution in [3.63, 3.8) is 0 Å². The van der Waals surface area contributed by atoms with Crippen LogP contribution in [0, 0.1) is 24.3 Å². The van der Waals surface area contributed by atoms with E-state index < -0.39 is 24.3 Å². The van der Waals surface area contributed by atoms with Crippen LogP contribution in [0.2, 0.25) is 0 Å². The molecule has 0 spiro atoms. The van der Waals surface area contributed by atoms with E-state index in [1.807, 2.05) is 26.8 Å². The quantitative estimate of drug-likeness (QED) is 0.0759. The molecule has 4 N–H and O–H groups in total. The van der Waals surface area contributed by atoms with Crippen LogP contribution in [-0.2, 0) is 9.53 Å². The fourth-order valence-electron chi connectivity index (χ4n) is 4.85. The van der Waals surface area contributed by atoms with Crippen LogP contribution < -0.4 is 25.5 Å². The monoisotopic (exact) mass is 701 g/mol. The van der Waals surface area contributed by atoms with Gasteiger partial charge in [0.15, 0.2) is 17.7 Å². The molecule has 2 amide bonds. The van der Waals surface area contributed by atoms with Gasteiger partial charge in [-0.25, -0.2) is 9.59 Å². The molecule has 1 aliphatic heterocycles. The number of aliphatic hydroxyl groups excluding tert-OH is 1. The van der Waals surface area contributed by atoms with Gasteiger partial charge < -0.3 is 34.5 Å². The number of rotatable bonds is 11. The van der Waals surface area contributed by atoms with Crippen LogP contribution in [0.4, 0.5) is 4.79 Å². The Morgan fingerprint density at radius 2 is 1.91 bits per heavy atom. The zero-order valence-electron chi connectivity index (χ0n) is 24.9. The van der Waals surface area contributed by atoms with Crippen molar-refractivity contribution in [1.29, 1.82) is 0 Å². The van der Waals surface area contributed by atoms with Crippen molar-refractivity contribution < 1.29 is 28.9 Å². The number of aliphatic hydroxyl groups is 1. The number of allylic oxidation sites excluding steroid dienone is 1. The molecule has 4 rings (SSSR count). The Morgan fingerprint density at radius 3 is 2.60 bits per heavy atom. The topological polar surface area (TPSA) is 135 Å². The summed E-state index contributed by atoms with van der Waals surface area (Å²) in [7, 11) is 1.28. The van der Waals surface area contributed by atoms with Gasteiger partial charge in [-0.05, 0) is 98.7 Å². The van der Waals surface area contributed by atoms with Crippen LogP contribution in [0.5, 0.6) is 11.5 Å². The zero-order valence-corrected chi connectivity index (χ0v) is 27.1. The molecule has 0 radical (unpaired) electrons. The maximum Gasteiger partial charge on any atom is 0.337 e. The number of carbonyl (C=O) groups excluding carboxylic acids is 2. The Balaban J connectivity index is 1.43. The van der Waals surface area contributed by atoms with Crippen molar-refractivity contribution in [2.75, 3.05) is 20.3 Å². The number of esters is 1. The molecule has 0 aliphatic carbocycles. The first kappa shape index (κ1) is 31.9. The SMILES string of the molecule is CCOc1cc([C@H]2NC(=O)NC(C)=C2C(=O)OC)ccc1OC[C@H](O)N/N=C/c1cc(C)n(-c2ccc(C)c(I)c2)c1C. The number of nitrogens with zero attached hydrogens (tertiary/aromatic N) is 2. The maximum atomic E-state index is 12.4. The van der Waals surface area contributed by atoms with Crippen LogP contribution in [0.15, 0.2) is 58.8 Å². The Hall–Kier alpha value is -4.04. The van der Waals surface area contributed by atoms with Crippen molar-refractivity contribution in [2.24, 2.45) is 5.10 Å². The minimum Gasteiger partial charge on any atom is -0.490 e. The van der Waals surface area contributed by atoms with Crippen LogP contribution >= 0.6 is 22.6 Å². The van der Waals surface area contributed by atoms with Gasteiger partial charge in [-0.3, -0.25) is 5.43 Å². The number of hydrazone groups is 1. The third kappa shape index (κ3) is 7.31. The Morgan fingerprint density at radius 1 is 1.14 bits per heavy atom. The van der Waals surface area contributed by atoms with Crippen molar-refractivity contribution in [2.45, 2.75) is 46.9 Å². The van der Waals surface area contributed by atoms with Crippen LogP contribution in [0.3, 0.4) is 0 Å². The summed E-state index contributed by atoms with van der Waals surface area (Å²) in [5, 5.41) is 20.1. The summed E-state index contributed by atoms with van der Waals surface area (Å²) < 4.78 is 19.9. The molecule has 0 fully saturated rings. The maximum absolute atomic E-state index is 12.4. The number of urea groups is 1. The number of benzene rings is 2. The third-order valence-electron chi connectivity index (χ3n) is 6.98. The molecular weight excluding hydrogens is 665 g/mol. The molecule has 228 valence electrons. The summed E-state index contributed by atoms with van der Waals surface area (Å²) in [5.74, 6) is 0.214. The van der Waals surface area contributed by atoms with E-state index in [0.29, 0.717) is 29.4 Å². The first-order chi connectivity index (χ1) is 20.5. The fraction of sp³-hybridized carbons (Fsp3) is 0.323. The molecule has 0 bridgehead atoms. The molecule has 0 saturated carbocycles. The second kappa shape index (κ2) is 14.0. The first-order valence-electron chi connectivity index (χ1n) is 13.7. The van der Waals surface area contributed by atoms with Crippen molar-refractivity contribution in [1.82, 2.24) is 20.6 Å².